The van der Waals surface area contributed by atoms with Gasteiger partial charge in [0.25, 0.3) is 0 Å². The number of hydrogen-bond acceptors (Lipinski definition) is 3. The van der Waals surface area contributed by atoms with Crippen LogP contribution in [0.15, 0.2) is 54.6 Å². The SMILES string of the molecule is CN(Cc1ccc(-c2ccccc2)cc1)C(=O)NCCN1CCC[C@@H](CO)C1. The van der Waals surface area contributed by atoms with Gasteiger partial charge in [-0.15, -0.1) is 0 Å². The van der Waals surface area contributed by atoms with Crippen LogP contribution in [0.1, 0.15) is 18.4 Å². The Bertz CT molecular complexity index is 733. The predicted octanol–water partition coefficient (Wildman–Crippen LogP) is 3.20. The van der Waals surface area contributed by atoms with Crippen molar-refractivity contribution in [3.05, 3.63) is 60.2 Å². The molecule has 1 heterocycles. The monoisotopic (exact) mass is 381 g/mol. The second kappa shape index (κ2) is 10.2. The maximum Gasteiger partial charge on any atom is 0.317 e. The number of rotatable bonds is 7. The topological polar surface area (TPSA) is 55.8 Å². The van der Waals surface area contributed by atoms with E-state index in [1.165, 1.54) is 11.1 Å². The molecule has 5 nitrogen and oxygen atoms in total. The average Bonchev–Trinajstić information content (AvgIpc) is 2.75. The average molecular weight is 382 g/mol. The maximum absolute atomic E-state index is 12.4. The van der Waals surface area contributed by atoms with Crippen molar-refractivity contribution in [3.8, 4) is 11.1 Å². The molecule has 2 N–H and O–H groups in total. The molecule has 0 bridgehead atoms. The van der Waals surface area contributed by atoms with Gasteiger partial charge in [-0.25, -0.2) is 4.79 Å². The van der Waals surface area contributed by atoms with E-state index in [1.54, 1.807) is 4.90 Å². The number of urea groups is 1. The van der Waals surface area contributed by atoms with E-state index in [4.69, 9.17) is 0 Å². The molecule has 5 heteroatoms. The molecule has 150 valence electrons. The van der Waals surface area contributed by atoms with Gasteiger partial charge in [0.2, 0.25) is 0 Å². The third-order valence-electron chi connectivity index (χ3n) is 5.39. The zero-order chi connectivity index (χ0) is 19.8. The number of nitrogens with one attached hydrogen (secondary N) is 1. The Morgan fingerprint density at radius 2 is 1.86 bits per heavy atom. The Balaban J connectivity index is 1.42. The first kappa shape index (κ1) is 20.4. The number of piperidine rings is 1. The lowest BCUT2D eigenvalue weighted by molar-refractivity contribution is 0.121. The van der Waals surface area contributed by atoms with Crippen molar-refractivity contribution in [1.29, 1.82) is 0 Å². The molecule has 0 saturated carbocycles. The Hall–Kier alpha value is -2.37. The normalized spacial score (nSPS) is 17.3. The van der Waals surface area contributed by atoms with Gasteiger partial charge in [0.1, 0.15) is 0 Å². The largest absolute Gasteiger partial charge is 0.396 e. The second-order valence-electron chi connectivity index (χ2n) is 7.64. The summed E-state index contributed by atoms with van der Waals surface area (Å²) >= 11 is 0. The molecule has 2 amide bonds. The standard InChI is InChI=1S/C23H31N3O2/c1-25(23(28)24-13-15-26-14-5-6-20(17-26)18-27)16-19-9-11-22(12-10-19)21-7-3-2-4-8-21/h2-4,7-12,20,27H,5-6,13-18H2,1H3,(H,24,28)/t20-/m1/s1. The molecule has 2 aromatic rings. The molecule has 1 fully saturated rings. The molecule has 0 radical (unpaired) electrons. The van der Waals surface area contributed by atoms with Gasteiger partial charge in [0.15, 0.2) is 0 Å². The van der Waals surface area contributed by atoms with Crippen molar-refractivity contribution in [2.24, 2.45) is 5.92 Å². The van der Waals surface area contributed by atoms with Crippen LogP contribution in [0, 0.1) is 5.92 Å². The Kier molecular flexibility index (Phi) is 7.46. The number of benzene rings is 2. The van der Waals surface area contributed by atoms with Crippen LogP contribution in [0.2, 0.25) is 0 Å². The van der Waals surface area contributed by atoms with Gasteiger partial charge in [-0.05, 0) is 42.0 Å². The Morgan fingerprint density at radius 1 is 1.14 bits per heavy atom. The lowest BCUT2D eigenvalue weighted by atomic mass is 9.99. The fraction of sp³-hybridized carbons (Fsp3) is 0.435. The van der Waals surface area contributed by atoms with Crippen LogP contribution in [-0.2, 0) is 6.54 Å². The van der Waals surface area contributed by atoms with Gasteiger partial charge in [0, 0.05) is 39.8 Å². The van der Waals surface area contributed by atoms with E-state index in [-0.39, 0.29) is 12.6 Å². The molecule has 0 aliphatic carbocycles. The highest BCUT2D eigenvalue weighted by atomic mass is 16.3. The summed E-state index contributed by atoms with van der Waals surface area (Å²) in [5, 5.41) is 12.3. The number of carbonyl (C=O) groups is 1. The molecule has 1 atom stereocenters. The summed E-state index contributed by atoms with van der Waals surface area (Å²) in [7, 11) is 1.82. The third kappa shape index (κ3) is 5.81. The molecule has 1 aliphatic heterocycles. The van der Waals surface area contributed by atoms with E-state index in [2.05, 4.69) is 46.6 Å². The van der Waals surface area contributed by atoms with Crippen LogP contribution in [0.3, 0.4) is 0 Å². The fourth-order valence-electron chi connectivity index (χ4n) is 3.74. The summed E-state index contributed by atoms with van der Waals surface area (Å²) in [5.41, 5.74) is 3.49. The van der Waals surface area contributed by atoms with Gasteiger partial charge >= 0.3 is 6.03 Å². The first-order valence-electron chi connectivity index (χ1n) is 10.1. The Labute approximate surface area is 168 Å². The fourth-order valence-corrected chi connectivity index (χ4v) is 3.74. The molecule has 1 aliphatic rings. The second-order valence-corrected chi connectivity index (χ2v) is 7.64. The molecule has 3 rings (SSSR count). The summed E-state index contributed by atoms with van der Waals surface area (Å²) in [5.74, 6) is 0.381. The van der Waals surface area contributed by atoms with E-state index < -0.39 is 0 Å². The van der Waals surface area contributed by atoms with Crippen molar-refractivity contribution in [2.45, 2.75) is 19.4 Å². The van der Waals surface area contributed by atoms with Crippen LogP contribution < -0.4 is 5.32 Å². The minimum absolute atomic E-state index is 0.0529. The lowest BCUT2D eigenvalue weighted by Crippen LogP contribution is -2.44. The number of nitrogens with zero attached hydrogens (tertiary/aromatic N) is 2. The van der Waals surface area contributed by atoms with Crippen LogP contribution in [-0.4, -0.2) is 60.8 Å². The number of hydrogen-bond donors (Lipinski definition) is 2. The van der Waals surface area contributed by atoms with Gasteiger partial charge in [0.05, 0.1) is 0 Å². The summed E-state index contributed by atoms with van der Waals surface area (Å²) in [4.78, 5) is 16.4. The van der Waals surface area contributed by atoms with Crippen LogP contribution in [0.5, 0.6) is 0 Å². The van der Waals surface area contributed by atoms with E-state index in [1.807, 2.05) is 25.2 Å². The molecule has 0 aromatic heterocycles. The molecule has 28 heavy (non-hydrogen) atoms. The number of amides is 2. The third-order valence-corrected chi connectivity index (χ3v) is 5.39. The van der Waals surface area contributed by atoms with Crippen molar-refractivity contribution < 1.29 is 9.90 Å². The molecule has 0 spiro atoms. The van der Waals surface area contributed by atoms with E-state index in [0.29, 0.717) is 19.0 Å². The number of carbonyl (C=O) groups excluding carboxylic acids is 1. The van der Waals surface area contributed by atoms with Crippen LogP contribution in [0.25, 0.3) is 11.1 Å². The van der Waals surface area contributed by atoms with Gasteiger partial charge in [-0.3, -0.25) is 0 Å². The number of likely N-dealkylation sites (tertiary alicyclic amines) is 1. The maximum atomic E-state index is 12.4. The first-order valence-corrected chi connectivity index (χ1v) is 10.1. The minimum atomic E-state index is -0.0529. The minimum Gasteiger partial charge on any atom is -0.396 e. The zero-order valence-electron chi connectivity index (χ0n) is 16.7. The first-order chi connectivity index (χ1) is 13.7. The van der Waals surface area contributed by atoms with Crippen molar-refractivity contribution in [3.63, 3.8) is 0 Å². The summed E-state index contributed by atoms with van der Waals surface area (Å²) in [6.45, 7) is 4.29. The highest BCUT2D eigenvalue weighted by Crippen LogP contribution is 2.19. The summed E-state index contributed by atoms with van der Waals surface area (Å²) in [6.07, 6.45) is 2.23. The molecule has 0 unspecified atom stereocenters. The molecular weight excluding hydrogens is 350 g/mol. The van der Waals surface area contributed by atoms with Crippen molar-refractivity contribution >= 4 is 6.03 Å². The lowest BCUT2D eigenvalue weighted by Gasteiger charge is -2.31. The molecule has 1 saturated heterocycles. The van der Waals surface area contributed by atoms with E-state index in [0.717, 1.165) is 38.0 Å². The smallest absolute Gasteiger partial charge is 0.317 e. The van der Waals surface area contributed by atoms with E-state index in [9.17, 15) is 9.90 Å². The summed E-state index contributed by atoms with van der Waals surface area (Å²) < 4.78 is 0. The van der Waals surface area contributed by atoms with Gasteiger partial charge < -0.3 is 20.2 Å². The molecule has 2 aromatic carbocycles. The number of aliphatic hydroxyl groups is 1. The molecular formula is C23H31N3O2. The summed E-state index contributed by atoms with van der Waals surface area (Å²) in [6, 6.07) is 18.6. The van der Waals surface area contributed by atoms with Crippen LogP contribution in [0.4, 0.5) is 4.79 Å². The Morgan fingerprint density at radius 3 is 2.57 bits per heavy atom. The highest BCUT2D eigenvalue weighted by Gasteiger charge is 2.19. The van der Waals surface area contributed by atoms with Crippen molar-refractivity contribution in [1.82, 2.24) is 15.1 Å². The van der Waals surface area contributed by atoms with Gasteiger partial charge in [-0.1, -0.05) is 54.6 Å². The number of aliphatic hydroxyl groups excluding tert-OH is 1. The quantitative estimate of drug-likeness (QED) is 0.774. The van der Waals surface area contributed by atoms with E-state index >= 15 is 0 Å². The highest BCUT2D eigenvalue weighted by molar-refractivity contribution is 5.73. The predicted molar refractivity (Wildman–Crippen MR) is 113 cm³/mol. The van der Waals surface area contributed by atoms with Gasteiger partial charge in [-0.2, -0.15) is 0 Å². The zero-order valence-corrected chi connectivity index (χ0v) is 16.7. The van der Waals surface area contributed by atoms with Crippen LogP contribution >= 0.6 is 0 Å². The van der Waals surface area contributed by atoms with Crippen molar-refractivity contribution in [2.75, 3.05) is 39.8 Å².